The Hall–Kier alpha value is -2.84. The van der Waals surface area contributed by atoms with Crippen LogP contribution < -0.4 is 5.32 Å². The van der Waals surface area contributed by atoms with Gasteiger partial charge in [-0.25, -0.2) is 14.4 Å². The molecule has 0 saturated heterocycles. The van der Waals surface area contributed by atoms with Gasteiger partial charge in [0.05, 0.1) is 5.52 Å². The molecule has 1 unspecified atom stereocenters. The third-order valence-corrected chi connectivity index (χ3v) is 4.35. The van der Waals surface area contributed by atoms with Crippen LogP contribution in [0.1, 0.15) is 17.5 Å². The number of anilines is 2. The number of aliphatic hydroxyl groups is 1. The fourth-order valence-corrected chi connectivity index (χ4v) is 2.93. The summed E-state index contributed by atoms with van der Waals surface area (Å²) < 4.78 is 14.0. The molecule has 8 heteroatoms. The van der Waals surface area contributed by atoms with Gasteiger partial charge >= 0.3 is 0 Å². The lowest BCUT2D eigenvalue weighted by Crippen LogP contribution is -2.08. The van der Waals surface area contributed by atoms with Gasteiger partial charge in [-0.1, -0.05) is 28.1 Å². The molecule has 4 rings (SSSR count). The molecule has 0 aliphatic heterocycles. The summed E-state index contributed by atoms with van der Waals surface area (Å²) in [7, 11) is 0. The highest BCUT2D eigenvalue weighted by Gasteiger charge is 2.17. The zero-order valence-corrected chi connectivity index (χ0v) is 14.9. The van der Waals surface area contributed by atoms with Gasteiger partial charge in [0.1, 0.15) is 17.7 Å². The lowest BCUT2D eigenvalue weighted by molar-refractivity contribution is 0.210. The van der Waals surface area contributed by atoms with E-state index in [1.54, 1.807) is 12.3 Å². The monoisotopic (exact) mass is 413 g/mol. The van der Waals surface area contributed by atoms with Gasteiger partial charge in [0.2, 0.25) is 0 Å². The van der Waals surface area contributed by atoms with Gasteiger partial charge < -0.3 is 10.4 Å². The maximum absolute atomic E-state index is 13.1. The van der Waals surface area contributed by atoms with Crippen molar-refractivity contribution in [3.8, 4) is 0 Å². The Balaban J connectivity index is 1.82. The number of rotatable bonds is 4. The molecule has 130 valence electrons. The van der Waals surface area contributed by atoms with E-state index in [1.807, 2.05) is 18.2 Å². The summed E-state index contributed by atoms with van der Waals surface area (Å²) in [4.78, 5) is 8.94. The molecule has 3 N–H and O–H groups in total. The summed E-state index contributed by atoms with van der Waals surface area (Å²) in [6.07, 6.45) is 0.607. The molecule has 0 radical (unpaired) electrons. The highest BCUT2D eigenvalue weighted by atomic mass is 79.9. The van der Waals surface area contributed by atoms with Crippen LogP contribution in [0.4, 0.5) is 16.0 Å². The molecule has 0 bridgehead atoms. The van der Waals surface area contributed by atoms with Crippen molar-refractivity contribution in [1.82, 2.24) is 20.2 Å². The van der Waals surface area contributed by atoms with Gasteiger partial charge in [-0.05, 0) is 35.9 Å². The second kappa shape index (κ2) is 6.81. The van der Waals surface area contributed by atoms with Crippen LogP contribution in [0.3, 0.4) is 0 Å². The average Bonchev–Trinajstić information content (AvgIpc) is 3.14. The molecule has 0 aliphatic carbocycles. The second-order valence-electron chi connectivity index (χ2n) is 5.63. The maximum Gasteiger partial charge on any atom is 0.164 e. The van der Waals surface area contributed by atoms with Crippen molar-refractivity contribution in [2.75, 3.05) is 5.32 Å². The first kappa shape index (κ1) is 16.6. The number of H-pyrrole nitrogens is 1. The predicted molar refractivity (Wildman–Crippen MR) is 99.6 cm³/mol. The van der Waals surface area contributed by atoms with Crippen LogP contribution in [0.2, 0.25) is 0 Å². The van der Waals surface area contributed by atoms with Crippen molar-refractivity contribution >= 4 is 38.5 Å². The van der Waals surface area contributed by atoms with E-state index in [0.717, 1.165) is 9.86 Å². The first-order chi connectivity index (χ1) is 12.6. The highest BCUT2D eigenvalue weighted by molar-refractivity contribution is 9.10. The summed E-state index contributed by atoms with van der Waals surface area (Å²) >= 11 is 3.43. The summed E-state index contributed by atoms with van der Waals surface area (Å²) in [6.45, 7) is 0. The Bertz CT molecular complexity index is 1050. The van der Waals surface area contributed by atoms with Crippen LogP contribution >= 0.6 is 15.9 Å². The number of nitrogens with one attached hydrogen (secondary N) is 2. The molecule has 1 atom stereocenters. The zero-order valence-electron chi connectivity index (χ0n) is 13.3. The molecule has 2 heterocycles. The lowest BCUT2D eigenvalue weighted by Gasteiger charge is -2.14. The van der Waals surface area contributed by atoms with Crippen molar-refractivity contribution in [1.29, 1.82) is 0 Å². The SMILES string of the molecule is OC(c1ccc(F)cc1)c1nc(Nc2cc[nH]n2)c2ccc(Br)cc2n1. The van der Waals surface area contributed by atoms with Gasteiger partial charge in [-0.3, -0.25) is 5.10 Å². The van der Waals surface area contributed by atoms with E-state index < -0.39 is 6.10 Å². The topological polar surface area (TPSA) is 86.7 Å². The normalized spacial score (nSPS) is 12.3. The Kier molecular flexibility index (Phi) is 4.36. The van der Waals surface area contributed by atoms with Gasteiger partial charge in [-0.2, -0.15) is 5.10 Å². The quantitative estimate of drug-likeness (QED) is 0.469. The van der Waals surface area contributed by atoms with E-state index in [0.29, 0.717) is 22.7 Å². The van der Waals surface area contributed by atoms with Gasteiger partial charge in [-0.15, -0.1) is 0 Å². The molecule has 4 aromatic rings. The molecule has 26 heavy (non-hydrogen) atoms. The number of aromatic amines is 1. The number of nitrogens with zero attached hydrogens (tertiary/aromatic N) is 3. The van der Waals surface area contributed by atoms with Crippen molar-refractivity contribution in [3.05, 3.63) is 76.4 Å². The number of benzene rings is 2. The lowest BCUT2D eigenvalue weighted by atomic mass is 10.1. The summed E-state index contributed by atoms with van der Waals surface area (Å²) in [5, 5.41) is 21.4. The van der Waals surface area contributed by atoms with E-state index in [-0.39, 0.29) is 11.6 Å². The standard InChI is InChI=1S/C18H13BrFN5O/c19-11-3-6-13-14(9-11)22-18(16(26)10-1-4-12(20)5-2-10)24-17(13)23-15-7-8-21-25-15/h1-9,16,26H,(H2,21,22,23,24,25). The highest BCUT2D eigenvalue weighted by Crippen LogP contribution is 2.29. The molecule has 0 saturated carbocycles. The van der Waals surface area contributed by atoms with E-state index in [1.165, 1.54) is 24.3 Å². The number of hydrogen-bond donors (Lipinski definition) is 3. The Morgan fingerprint density at radius 1 is 1.08 bits per heavy atom. The fraction of sp³-hybridized carbons (Fsp3) is 0.0556. The maximum atomic E-state index is 13.1. The van der Waals surface area contributed by atoms with Crippen molar-refractivity contribution in [2.24, 2.45) is 0 Å². The molecule has 2 aromatic heterocycles. The van der Waals surface area contributed by atoms with Crippen molar-refractivity contribution in [2.45, 2.75) is 6.10 Å². The average molecular weight is 414 g/mol. The molecular formula is C18H13BrFN5O. The Labute approximate surface area is 156 Å². The minimum Gasteiger partial charge on any atom is -0.380 e. The van der Waals surface area contributed by atoms with Crippen LogP contribution in [0, 0.1) is 5.82 Å². The minimum absolute atomic E-state index is 0.209. The fourth-order valence-electron chi connectivity index (χ4n) is 2.58. The van der Waals surface area contributed by atoms with Crippen molar-refractivity contribution in [3.63, 3.8) is 0 Å². The van der Waals surface area contributed by atoms with Crippen LogP contribution in [-0.4, -0.2) is 25.3 Å². The Morgan fingerprint density at radius 3 is 2.62 bits per heavy atom. The van der Waals surface area contributed by atoms with Crippen molar-refractivity contribution < 1.29 is 9.50 Å². The molecule has 0 spiro atoms. The molecule has 2 aromatic carbocycles. The van der Waals surface area contributed by atoms with Crippen LogP contribution in [-0.2, 0) is 0 Å². The van der Waals surface area contributed by atoms with Crippen LogP contribution in [0.5, 0.6) is 0 Å². The zero-order chi connectivity index (χ0) is 18.1. The largest absolute Gasteiger partial charge is 0.380 e. The molecule has 0 aliphatic rings. The first-order valence-corrected chi connectivity index (χ1v) is 8.57. The molecule has 0 amide bonds. The van der Waals surface area contributed by atoms with E-state index in [4.69, 9.17) is 0 Å². The van der Waals surface area contributed by atoms with E-state index in [9.17, 15) is 9.50 Å². The number of fused-ring (bicyclic) bond motifs is 1. The second-order valence-corrected chi connectivity index (χ2v) is 6.55. The molecule has 0 fully saturated rings. The first-order valence-electron chi connectivity index (χ1n) is 7.78. The third-order valence-electron chi connectivity index (χ3n) is 3.85. The number of halogens is 2. The van der Waals surface area contributed by atoms with Gasteiger partial charge in [0, 0.05) is 22.1 Å². The van der Waals surface area contributed by atoms with Crippen LogP contribution in [0.25, 0.3) is 10.9 Å². The van der Waals surface area contributed by atoms with E-state index >= 15 is 0 Å². The smallest absolute Gasteiger partial charge is 0.164 e. The molecular weight excluding hydrogens is 401 g/mol. The third kappa shape index (κ3) is 3.29. The van der Waals surface area contributed by atoms with E-state index in [2.05, 4.69) is 41.4 Å². The van der Waals surface area contributed by atoms with Gasteiger partial charge in [0.25, 0.3) is 0 Å². The number of aromatic nitrogens is 4. The summed E-state index contributed by atoms with van der Waals surface area (Å²) in [5.41, 5.74) is 1.16. The summed E-state index contributed by atoms with van der Waals surface area (Å²) in [6, 6.07) is 13.0. The molecule has 6 nitrogen and oxygen atoms in total. The summed E-state index contributed by atoms with van der Waals surface area (Å²) in [5.74, 6) is 0.950. The Morgan fingerprint density at radius 2 is 1.88 bits per heavy atom. The number of aliphatic hydroxyl groups excluding tert-OH is 1. The predicted octanol–water partition coefficient (Wildman–Crippen LogP) is 4.08. The van der Waals surface area contributed by atoms with Crippen LogP contribution in [0.15, 0.2) is 59.2 Å². The number of hydrogen-bond acceptors (Lipinski definition) is 5. The van der Waals surface area contributed by atoms with Gasteiger partial charge in [0.15, 0.2) is 11.6 Å². The minimum atomic E-state index is -1.08.